The Kier molecular flexibility index (Phi) is 4.20. The third-order valence-corrected chi connectivity index (χ3v) is 4.54. The van der Waals surface area contributed by atoms with Crippen LogP contribution >= 0.6 is 11.6 Å². The van der Waals surface area contributed by atoms with E-state index >= 15 is 0 Å². The van der Waals surface area contributed by atoms with E-state index in [1.54, 1.807) is 48.7 Å². The minimum atomic E-state index is -0.209. The molecule has 1 amide bonds. The molecule has 2 heterocycles. The molecule has 2 aromatic carbocycles. The molecule has 7 heteroatoms. The van der Waals surface area contributed by atoms with Gasteiger partial charge in [0.25, 0.3) is 11.5 Å². The van der Waals surface area contributed by atoms with Crippen LogP contribution < -0.4 is 10.9 Å². The van der Waals surface area contributed by atoms with Gasteiger partial charge in [-0.05, 0) is 56.3 Å². The lowest BCUT2D eigenvalue weighted by Crippen LogP contribution is -2.29. The highest BCUT2D eigenvalue weighted by molar-refractivity contribution is 6.30. The number of pyridine rings is 1. The summed E-state index contributed by atoms with van der Waals surface area (Å²) in [5.41, 5.74) is 2.32. The molecule has 6 nitrogen and oxygen atoms in total. The number of hydrogen-bond donors (Lipinski definition) is 2. The SMILES string of the molecule is CC(C)NC(=O)c1ccc2ncc3c(=O)n(-c4ccc(Cl)cc4)[nH]c3c2c1. The van der Waals surface area contributed by atoms with Gasteiger partial charge in [-0.15, -0.1) is 0 Å². The minimum Gasteiger partial charge on any atom is -0.350 e. The molecular formula is C20H17ClN4O2. The molecule has 27 heavy (non-hydrogen) atoms. The van der Waals surface area contributed by atoms with Crippen molar-refractivity contribution in [1.29, 1.82) is 0 Å². The highest BCUT2D eigenvalue weighted by atomic mass is 35.5. The molecule has 0 aliphatic heterocycles. The lowest BCUT2D eigenvalue weighted by molar-refractivity contribution is 0.0943. The number of amides is 1. The first-order chi connectivity index (χ1) is 12.9. The second-order valence-corrected chi connectivity index (χ2v) is 7.07. The first-order valence-electron chi connectivity index (χ1n) is 8.54. The van der Waals surface area contributed by atoms with Crippen LogP contribution in [0.25, 0.3) is 27.5 Å². The van der Waals surface area contributed by atoms with Crippen LogP contribution in [-0.2, 0) is 0 Å². The van der Waals surface area contributed by atoms with Crippen molar-refractivity contribution < 1.29 is 4.79 Å². The minimum absolute atomic E-state index is 0.0351. The van der Waals surface area contributed by atoms with E-state index in [1.807, 2.05) is 13.8 Å². The van der Waals surface area contributed by atoms with Gasteiger partial charge in [0.05, 0.1) is 22.1 Å². The Labute approximate surface area is 159 Å². The summed E-state index contributed by atoms with van der Waals surface area (Å²) in [4.78, 5) is 29.5. The van der Waals surface area contributed by atoms with Crippen molar-refractivity contribution in [2.24, 2.45) is 0 Å². The monoisotopic (exact) mass is 380 g/mol. The fraction of sp³-hybridized carbons (Fsp3) is 0.150. The maximum atomic E-state index is 12.8. The molecule has 2 aromatic heterocycles. The second kappa shape index (κ2) is 6.55. The number of halogens is 1. The van der Waals surface area contributed by atoms with Crippen LogP contribution in [0.3, 0.4) is 0 Å². The quantitative estimate of drug-likeness (QED) is 0.569. The Morgan fingerprint density at radius 1 is 1.15 bits per heavy atom. The number of rotatable bonds is 3. The summed E-state index contributed by atoms with van der Waals surface area (Å²) >= 11 is 5.93. The number of fused-ring (bicyclic) bond motifs is 3. The van der Waals surface area contributed by atoms with Gasteiger partial charge >= 0.3 is 0 Å². The third kappa shape index (κ3) is 3.08. The first-order valence-corrected chi connectivity index (χ1v) is 8.92. The van der Waals surface area contributed by atoms with Crippen molar-refractivity contribution in [1.82, 2.24) is 20.1 Å². The lowest BCUT2D eigenvalue weighted by atomic mass is 10.1. The Morgan fingerprint density at radius 3 is 2.59 bits per heavy atom. The van der Waals surface area contributed by atoms with Gasteiger partial charge in [0, 0.05) is 28.2 Å². The summed E-state index contributed by atoms with van der Waals surface area (Å²) in [6, 6.07) is 12.3. The highest BCUT2D eigenvalue weighted by Gasteiger charge is 2.14. The van der Waals surface area contributed by atoms with Crippen LogP contribution in [0.2, 0.25) is 5.02 Å². The van der Waals surface area contributed by atoms with Crippen LogP contribution in [0.15, 0.2) is 53.5 Å². The van der Waals surface area contributed by atoms with E-state index in [-0.39, 0.29) is 17.5 Å². The van der Waals surface area contributed by atoms with E-state index < -0.39 is 0 Å². The molecule has 0 atom stereocenters. The molecule has 0 bridgehead atoms. The molecule has 136 valence electrons. The summed E-state index contributed by atoms with van der Waals surface area (Å²) in [5.74, 6) is -0.164. The highest BCUT2D eigenvalue weighted by Crippen LogP contribution is 2.22. The molecule has 4 aromatic rings. The Bertz CT molecular complexity index is 1220. The van der Waals surface area contributed by atoms with Gasteiger partial charge in [0.2, 0.25) is 0 Å². The van der Waals surface area contributed by atoms with Crippen molar-refractivity contribution >= 4 is 39.3 Å². The van der Waals surface area contributed by atoms with Crippen LogP contribution in [0.4, 0.5) is 0 Å². The van der Waals surface area contributed by atoms with Gasteiger partial charge < -0.3 is 5.32 Å². The van der Waals surface area contributed by atoms with Crippen molar-refractivity contribution in [3.05, 3.63) is 69.6 Å². The predicted molar refractivity (Wildman–Crippen MR) is 107 cm³/mol. The standard InChI is InChI=1S/C20H17ClN4O2/c1-11(2)23-19(26)12-3-8-17-15(9-12)18-16(10-22-17)20(27)25(24-18)14-6-4-13(21)5-7-14/h3-11,24H,1-2H3,(H,23,26). The first kappa shape index (κ1) is 17.3. The number of carbonyl (C=O) groups excluding carboxylic acids is 1. The van der Waals surface area contributed by atoms with E-state index in [9.17, 15) is 9.59 Å². The number of aromatic amines is 1. The number of carbonyl (C=O) groups is 1. The molecule has 0 aliphatic carbocycles. The molecule has 0 spiro atoms. The maximum absolute atomic E-state index is 12.8. The molecular weight excluding hydrogens is 364 g/mol. The average Bonchev–Trinajstić information content (AvgIpc) is 2.98. The molecule has 0 radical (unpaired) electrons. The van der Waals surface area contributed by atoms with Crippen LogP contribution in [0, 0.1) is 0 Å². The maximum Gasteiger partial charge on any atom is 0.280 e. The molecule has 0 aliphatic rings. The molecule has 2 N–H and O–H groups in total. The summed E-state index contributed by atoms with van der Waals surface area (Å²) in [6.07, 6.45) is 1.55. The van der Waals surface area contributed by atoms with Crippen molar-refractivity contribution in [2.75, 3.05) is 0 Å². The van der Waals surface area contributed by atoms with Crippen LogP contribution in [0.1, 0.15) is 24.2 Å². The van der Waals surface area contributed by atoms with Crippen LogP contribution in [-0.4, -0.2) is 26.7 Å². The summed E-state index contributed by atoms with van der Waals surface area (Å²) in [7, 11) is 0. The number of nitrogens with zero attached hydrogens (tertiary/aromatic N) is 2. The molecule has 0 saturated heterocycles. The number of aromatic nitrogens is 3. The normalized spacial score (nSPS) is 11.4. The second-order valence-electron chi connectivity index (χ2n) is 6.64. The summed E-state index contributed by atoms with van der Waals surface area (Å²) in [5, 5.41) is 7.78. The van der Waals surface area contributed by atoms with E-state index in [0.717, 1.165) is 0 Å². The lowest BCUT2D eigenvalue weighted by Gasteiger charge is -2.09. The average molecular weight is 381 g/mol. The largest absolute Gasteiger partial charge is 0.350 e. The smallest absolute Gasteiger partial charge is 0.280 e. The Balaban J connectivity index is 1.92. The van der Waals surface area contributed by atoms with Gasteiger partial charge in [-0.2, -0.15) is 0 Å². The van der Waals surface area contributed by atoms with Gasteiger partial charge in [-0.1, -0.05) is 11.6 Å². The van der Waals surface area contributed by atoms with Gasteiger partial charge in [0.15, 0.2) is 0 Å². The molecule has 4 rings (SSSR count). The van der Waals surface area contributed by atoms with Crippen LogP contribution in [0.5, 0.6) is 0 Å². The number of nitrogens with one attached hydrogen (secondary N) is 2. The number of hydrogen-bond acceptors (Lipinski definition) is 3. The molecule has 0 unspecified atom stereocenters. The fourth-order valence-corrected chi connectivity index (χ4v) is 3.14. The molecule has 0 saturated carbocycles. The van der Waals surface area contributed by atoms with Gasteiger partial charge in [-0.25, -0.2) is 4.68 Å². The van der Waals surface area contributed by atoms with Gasteiger partial charge in [-0.3, -0.25) is 19.7 Å². The third-order valence-electron chi connectivity index (χ3n) is 4.29. The number of H-pyrrole nitrogens is 1. The topological polar surface area (TPSA) is 79.8 Å². The zero-order chi connectivity index (χ0) is 19.1. The molecule has 0 fully saturated rings. The Hall–Kier alpha value is -3.12. The number of benzene rings is 2. The fourth-order valence-electron chi connectivity index (χ4n) is 3.02. The summed E-state index contributed by atoms with van der Waals surface area (Å²) in [6.45, 7) is 3.81. The van der Waals surface area contributed by atoms with Crippen molar-refractivity contribution in [2.45, 2.75) is 19.9 Å². The van der Waals surface area contributed by atoms with E-state index in [0.29, 0.717) is 38.1 Å². The van der Waals surface area contributed by atoms with E-state index in [4.69, 9.17) is 11.6 Å². The van der Waals surface area contributed by atoms with Crippen molar-refractivity contribution in [3.8, 4) is 5.69 Å². The van der Waals surface area contributed by atoms with E-state index in [1.165, 1.54) is 4.68 Å². The van der Waals surface area contributed by atoms with E-state index in [2.05, 4.69) is 15.4 Å². The Morgan fingerprint density at radius 2 is 1.89 bits per heavy atom. The van der Waals surface area contributed by atoms with Crippen molar-refractivity contribution in [3.63, 3.8) is 0 Å². The predicted octanol–water partition coefficient (Wildman–Crippen LogP) is 3.66. The zero-order valence-electron chi connectivity index (χ0n) is 14.8. The van der Waals surface area contributed by atoms with Gasteiger partial charge in [0.1, 0.15) is 0 Å². The zero-order valence-corrected chi connectivity index (χ0v) is 15.5. The summed E-state index contributed by atoms with van der Waals surface area (Å²) < 4.78 is 1.45.